The van der Waals surface area contributed by atoms with Crippen molar-refractivity contribution in [3.05, 3.63) is 111 Å². The number of hydrazone groups is 1. The third kappa shape index (κ3) is 6.64. The van der Waals surface area contributed by atoms with Crippen molar-refractivity contribution >= 4 is 51.0 Å². The van der Waals surface area contributed by atoms with Gasteiger partial charge in [0.05, 0.1) is 38.1 Å². The largest absolute Gasteiger partial charge is 0.417 e. The molecule has 4 aromatic rings. The van der Waals surface area contributed by atoms with Crippen LogP contribution >= 0.6 is 23.2 Å². The van der Waals surface area contributed by atoms with E-state index in [9.17, 15) is 26.4 Å². The molecule has 0 aliphatic carbocycles. The Hall–Kier alpha value is -3.80. The van der Waals surface area contributed by atoms with Gasteiger partial charge in [-0.2, -0.15) is 18.3 Å². The van der Waals surface area contributed by atoms with Gasteiger partial charge in [-0.15, -0.1) is 0 Å². The van der Waals surface area contributed by atoms with Gasteiger partial charge in [-0.3, -0.25) is 9.10 Å². The molecule has 0 fully saturated rings. The number of halogens is 5. The number of para-hydroxylation sites is 1. The lowest BCUT2D eigenvalue weighted by Gasteiger charge is -2.25. The number of amides is 1. The third-order valence-corrected chi connectivity index (χ3v) is 8.83. The van der Waals surface area contributed by atoms with Crippen LogP contribution in [0.1, 0.15) is 28.1 Å². The molecule has 0 aliphatic rings. The summed E-state index contributed by atoms with van der Waals surface area (Å²) in [5.74, 6) is -0.884. The van der Waals surface area contributed by atoms with Crippen LogP contribution in [-0.2, 0) is 21.0 Å². The molecule has 0 spiro atoms. The molecule has 0 atom stereocenters. The minimum Gasteiger partial charge on any atom is -0.316 e. The van der Waals surface area contributed by atoms with Gasteiger partial charge < -0.3 is 4.57 Å². The van der Waals surface area contributed by atoms with Crippen molar-refractivity contribution in [3.63, 3.8) is 0 Å². The number of nitrogens with one attached hydrogen (secondary N) is 1. The van der Waals surface area contributed by atoms with E-state index in [2.05, 4.69) is 10.5 Å². The molecule has 1 aromatic heterocycles. The normalized spacial score (nSPS) is 12.1. The Labute approximate surface area is 251 Å². The molecule has 220 valence electrons. The zero-order chi connectivity index (χ0) is 30.8. The first-order valence-electron chi connectivity index (χ1n) is 12.4. The van der Waals surface area contributed by atoms with E-state index >= 15 is 0 Å². The van der Waals surface area contributed by atoms with Crippen molar-refractivity contribution < 1.29 is 26.4 Å². The highest BCUT2D eigenvalue weighted by Crippen LogP contribution is 2.38. The van der Waals surface area contributed by atoms with Gasteiger partial charge in [-0.1, -0.05) is 53.0 Å². The number of anilines is 1. The molecule has 13 heteroatoms. The molecule has 42 heavy (non-hydrogen) atoms. The molecule has 3 aromatic carbocycles. The first-order chi connectivity index (χ1) is 19.7. The maximum Gasteiger partial charge on any atom is 0.417 e. The fourth-order valence-electron chi connectivity index (χ4n) is 4.30. The summed E-state index contributed by atoms with van der Waals surface area (Å²) in [6.07, 6.45) is -3.47. The number of carbonyl (C=O) groups is 1. The van der Waals surface area contributed by atoms with Gasteiger partial charge in [0.1, 0.15) is 6.54 Å². The van der Waals surface area contributed by atoms with Gasteiger partial charge in [0.25, 0.3) is 15.9 Å². The second-order valence-corrected chi connectivity index (χ2v) is 12.1. The fourth-order valence-corrected chi connectivity index (χ4v) is 6.16. The molecule has 0 saturated carbocycles. The summed E-state index contributed by atoms with van der Waals surface area (Å²) >= 11 is 12.1. The van der Waals surface area contributed by atoms with E-state index in [0.717, 1.165) is 34.8 Å². The van der Waals surface area contributed by atoms with Crippen LogP contribution in [0, 0.1) is 20.8 Å². The average Bonchev–Trinajstić information content (AvgIpc) is 3.20. The number of carbonyl (C=O) groups excluding carboxylic acids is 1. The molecule has 0 unspecified atom stereocenters. The molecule has 0 bridgehead atoms. The monoisotopic (exact) mass is 636 g/mol. The lowest BCUT2D eigenvalue weighted by atomic mass is 10.2. The maximum absolute atomic E-state index is 13.6. The van der Waals surface area contributed by atoms with Gasteiger partial charge in [-0.05, 0) is 69.3 Å². The highest BCUT2D eigenvalue weighted by Gasteiger charge is 2.35. The first-order valence-corrected chi connectivity index (χ1v) is 14.6. The third-order valence-electron chi connectivity index (χ3n) is 6.40. The number of aryl methyl sites for hydroxylation is 2. The zero-order valence-electron chi connectivity index (χ0n) is 22.6. The molecule has 0 aliphatic heterocycles. The van der Waals surface area contributed by atoms with E-state index in [1.165, 1.54) is 30.5 Å². The number of sulfonamides is 1. The van der Waals surface area contributed by atoms with Crippen LogP contribution in [0.25, 0.3) is 5.69 Å². The predicted octanol–water partition coefficient (Wildman–Crippen LogP) is 7.07. The highest BCUT2D eigenvalue weighted by molar-refractivity contribution is 7.92. The molecule has 1 heterocycles. The number of rotatable bonds is 8. The van der Waals surface area contributed by atoms with Crippen molar-refractivity contribution in [2.45, 2.75) is 31.8 Å². The smallest absolute Gasteiger partial charge is 0.316 e. The molecule has 4 rings (SSSR count). The quantitative estimate of drug-likeness (QED) is 0.166. The Balaban J connectivity index is 1.63. The molecule has 7 nitrogen and oxygen atoms in total. The topological polar surface area (TPSA) is 83.8 Å². The van der Waals surface area contributed by atoms with Crippen molar-refractivity contribution in [2.75, 3.05) is 10.8 Å². The van der Waals surface area contributed by atoms with Crippen LogP contribution in [-0.4, -0.2) is 31.7 Å². The standard InChI is InChI=1S/C29H25Cl2F3N4O3S/c1-18-8-11-23(12-9-18)42(40,41)37(22-10-13-25(30)24(15-22)29(32,33)34)17-28(39)36-35-16-21-14-19(2)38(20(21)3)27-7-5-4-6-26(27)31/h4-16H,17H2,1-3H3,(H,36,39)/b35-16-. The number of benzene rings is 3. The predicted molar refractivity (Wildman–Crippen MR) is 158 cm³/mol. The van der Waals surface area contributed by atoms with Crippen LogP contribution in [0.15, 0.2) is 82.8 Å². The summed E-state index contributed by atoms with van der Waals surface area (Å²) in [6, 6.07) is 17.4. The highest BCUT2D eigenvalue weighted by atomic mass is 35.5. The van der Waals surface area contributed by atoms with Gasteiger partial charge in [0.15, 0.2) is 0 Å². The maximum atomic E-state index is 13.6. The molecule has 0 radical (unpaired) electrons. The lowest BCUT2D eigenvalue weighted by molar-refractivity contribution is -0.137. The number of hydrogen-bond donors (Lipinski definition) is 1. The molecule has 0 saturated heterocycles. The lowest BCUT2D eigenvalue weighted by Crippen LogP contribution is -2.39. The summed E-state index contributed by atoms with van der Waals surface area (Å²) in [6.45, 7) is 4.61. The molecule has 1 N–H and O–H groups in total. The minimum absolute atomic E-state index is 0.208. The van der Waals surface area contributed by atoms with E-state index in [-0.39, 0.29) is 4.90 Å². The first kappa shape index (κ1) is 31.1. The Bertz CT molecular complexity index is 1770. The van der Waals surface area contributed by atoms with Crippen molar-refractivity contribution in [1.29, 1.82) is 0 Å². The van der Waals surface area contributed by atoms with Crippen molar-refractivity contribution in [3.8, 4) is 5.69 Å². The summed E-state index contributed by atoms with van der Waals surface area (Å²) in [7, 11) is -4.47. The Kier molecular flexibility index (Phi) is 9.05. The fraction of sp³-hybridized carbons (Fsp3) is 0.172. The molecular formula is C29H25Cl2F3N4O3S. The SMILES string of the molecule is Cc1ccc(S(=O)(=O)N(CC(=O)N/N=C\c2cc(C)n(-c3ccccc3Cl)c2C)c2ccc(Cl)c(C(F)(F)F)c2)cc1. The van der Waals surface area contributed by atoms with Gasteiger partial charge >= 0.3 is 6.18 Å². The second kappa shape index (κ2) is 12.2. The molecule has 1 amide bonds. The number of nitrogens with zero attached hydrogens (tertiary/aromatic N) is 3. The van der Waals surface area contributed by atoms with Crippen LogP contribution in [0.2, 0.25) is 10.0 Å². The van der Waals surface area contributed by atoms with E-state index in [1.807, 2.05) is 42.7 Å². The van der Waals surface area contributed by atoms with E-state index < -0.39 is 44.9 Å². The van der Waals surface area contributed by atoms with E-state index in [0.29, 0.717) is 21.0 Å². The summed E-state index contributed by atoms with van der Waals surface area (Å²) in [5, 5.41) is 3.90. The van der Waals surface area contributed by atoms with Gasteiger partial charge in [0, 0.05) is 17.0 Å². The van der Waals surface area contributed by atoms with Crippen LogP contribution in [0.5, 0.6) is 0 Å². The number of aromatic nitrogens is 1. The Morgan fingerprint density at radius 1 is 0.976 bits per heavy atom. The second-order valence-electron chi connectivity index (χ2n) is 9.39. The number of hydrogen-bond acceptors (Lipinski definition) is 4. The van der Waals surface area contributed by atoms with Crippen LogP contribution < -0.4 is 9.73 Å². The van der Waals surface area contributed by atoms with E-state index in [1.54, 1.807) is 13.0 Å². The molecular weight excluding hydrogens is 612 g/mol. The number of alkyl halides is 3. The van der Waals surface area contributed by atoms with Crippen LogP contribution in [0.3, 0.4) is 0 Å². The van der Waals surface area contributed by atoms with Gasteiger partial charge in [-0.25, -0.2) is 13.8 Å². The van der Waals surface area contributed by atoms with Crippen molar-refractivity contribution in [2.24, 2.45) is 5.10 Å². The van der Waals surface area contributed by atoms with Gasteiger partial charge in [0.2, 0.25) is 0 Å². The average molecular weight is 638 g/mol. The Morgan fingerprint density at radius 3 is 2.29 bits per heavy atom. The summed E-state index contributed by atoms with van der Waals surface area (Å²) in [5.41, 5.74) is 4.46. The summed E-state index contributed by atoms with van der Waals surface area (Å²) < 4.78 is 70.3. The zero-order valence-corrected chi connectivity index (χ0v) is 24.9. The minimum atomic E-state index is -4.85. The van der Waals surface area contributed by atoms with Crippen molar-refractivity contribution in [1.82, 2.24) is 9.99 Å². The summed E-state index contributed by atoms with van der Waals surface area (Å²) in [4.78, 5) is 12.7. The van der Waals surface area contributed by atoms with E-state index in [4.69, 9.17) is 23.2 Å². The van der Waals surface area contributed by atoms with Crippen LogP contribution in [0.4, 0.5) is 18.9 Å². The Morgan fingerprint density at radius 2 is 1.64 bits per heavy atom.